The SMILES string of the molecule is O=C(OCc1ccc(Cl)cc1)c1cc(Cl)c[nH]1. The number of carbonyl (C=O) groups is 1. The summed E-state index contributed by atoms with van der Waals surface area (Å²) in [6.07, 6.45) is 1.53. The maximum atomic E-state index is 11.6. The lowest BCUT2D eigenvalue weighted by atomic mass is 10.2. The minimum atomic E-state index is -0.438. The molecule has 88 valence electrons. The maximum Gasteiger partial charge on any atom is 0.355 e. The average Bonchev–Trinajstić information content (AvgIpc) is 2.75. The molecule has 2 rings (SSSR count). The van der Waals surface area contributed by atoms with Gasteiger partial charge in [-0.25, -0.2) is 4.79 Å². The molecule has 0 spiro atoms. The summed E-state index contributed by atoms with van der Waals surface area (Å²) in [5.74, 6) is -0.438. The second-order valence-corrected chi connectivity index (χ2v) is 4.31. The molecule has 0 atom stereocenters. The van der Waals surface area contributed by atoms with E-state index in [0.29, 0.717) is 15.7 Å². The van der Waals surface area contributed by atoms with Gasteiger partial charge in [-0.15, -0.1) is 0 Å². The molecule has 0 aliphatic carbocycles. The summed E-state index contributed by atoms with van der Waals surface area (Å²) >= 11 is 11.4. The van der Waals surface area contributed by atoms with Crippen LogP contribution in [0.4, 0.5) is 0 Å². The van der Waals surface area contributed by atoms with Crippen molar-refractivity contribution in [2.75, 3.05) is 0 Å². The largest absolute Gasteiger partial charge is 0.456 e. The van der Waals surface area contributed by atoms with E-state index in [4.69, 9.17) is 27.9 Å². The smallest absolute Gasteiger partial charge is 0.355 e. The van der Waals surface area contributed by atoms with E-state index in [2.05, 4.69) is 4.98 Å². The number of H-pyrrole nitrogens is 1. The number of hydrogen-bond donors (Lipinski definition) is 1. The van der Waals surface area contributed by atoms with E-state index >= 15 is 0 Å². The molecular formula is C12H9Cl2NO2. The topological polar surface area (TPSA) is 42.1 Å². The first-order valence-electron chi connectivity index (χ1n) is 4.90. The van der Waals surface area contributed by atoms with Gasteiger partial charge in [-0.3, -0.25) is 0 Å². The van der Waals surface area contributed by atoms with Crippen LogP contribution in [0, 0.1) is 0 Å². The molecule has 3 nitrogen and oxygen atoms in total. The highest BCUT2D eigenvalue weighted by atomic mass is 35.5. The Morgan fingerprint density at radius 2 is 1.88 bits per heavy atom. The van der Waals surface area contributed by atoms with Crippen LogP contribution in [0.1, 0.15) is 16.1 Å². The number of esters is 1. The number of ether oxygens (including phenoxy) is 1. The van der Waals surface area contributed by atoms with Crippen LogP contribution in [0.5, 0.6) is 0 Å². The number of aromatic amines is 1. The number of carbonyl (C=O) groups excluding carboxylic acids is 1. The van der Waals surface area contributed by atoms with Crippen LogP contribution in [-0.2, 0) is 11.3 Å². The Labute approximate surface area is 108 Å². The molecule has 0 aliphatic rings. The van der Waals surface area contributed by atoms with Gasteiger partial charge in [-0.05, 0) is 23.8 Å². The zero-order valence-electron chi connectivity index (χ0n) is 8.74. The van der Waals surface area contributed by atoms with Crippen LogP contribution in [0.25, 0.3) is 0 Å². The second kappa shape index (κ2) is 5.25. The number of nitrogens with one attached hydrogen (secondary N) is 1. The zero-order chi connectivity index (χ0) is 12.3. The number of halogens is 2. The van der Waals surface area contributed by atoms with E-state index in [9.17, 15) is 4.79 Å². The Bertz CT molecular complexity index is 520. The van der Waals surface area contributed by atoms with E-state index in [1.807, 2.05) is 0 Å². The molecule has 5 heteroatoms. The van der Waals surface area contributed by atoms with Crippen LogP contribution in [0.15, 0.2) is 36.5 Å². The third-order valence-corrected chi connectivity index (χ3v) is 2.62. The lowest BCUT2D eigenvalue weighted by Crippen LogP contribution is -2.05. The Kier molecular flexibility index (Phi) is 3.71. The summed E-state index contributed by atoms with van der Waals surface area (Å²) in [5.41, 5.74) is 1.21. The van der Waals surface area contributed by atoms with Gasteiger partial charge in [0.05, 0.1) is 5.02 Å². The van der Waals surface area contributed by atoms with Crippen molar-refractivity contribution < 1.29 is 9.53 Å². The first-order chi connectivity index (χ1) is 8.15. The molecule has 0 aliphatic heterocycles. The maximum absolute atomic E-state index is 11.6. The Balaban J connectivity index is 1.94. The zero-order valence-corrected chi connectivity index (χ0v) is 10.3. The summed E-state index contributed by atoms with van der Waals surface area (Å²) in [4.78, 5) is 14.3. The van der Waals surface area contributed by atoms with Crippen molar-refractivity contribution >= 4 is 29.2 Å². The lowest BCUT2D eigenvalue weighted by Gasteiger charge is -2.03. The van der Waals surface area contributed by atoms with E-state index in [1.165, 1.54) is 12.3 Å². The van der Waals surface area contributed by atoms with Crippen molar-refractivity contribution in [2.24, 2.45) is 0 Å². The standard InChI is InChI=1S/C12H9Cl2NO2/c13-9-3-1-8(2-4-9)7-17-12(16)11-5-10(14)6-15-11/h1-6,15H,7H2. The molecule has 0 amide bonds. The molecule has 0 saturated carbocycles. The molecular weight excluding hydrogens is 261 g/mol. The van der Waals surface area contributed by atoms with E-state index in [-0.39, 0.29) is 6.61 Å². The van der Waals surface area contributed by atoms with Crippen molar-refractivity contribution in [3.05, 3.63) is 57.8 Å². The molecule has 2 aromatic rings. The predicted molar refractivity (Wildman–Crippen MR) is 66.4 cm³/mol. The summed E-state index contributed by atoms with van der Waals surface area (Å²) < 4.78 is 5.10. The summed E-state index contributed by atoms with van der Waals surface area (Å²) in [6, 6.07) is 8.62. The molecule has 0 saturated heterocycles. The minimum Gasteiger partial charge on any atom is -0.456 e. The van der Waals surface area contributed by atoms with Gasteiger partial charge in [0.1, 0.15) is 12.3 Å². The summed E-state index contributed by atoms with van der Waals surface area (Å²) in [7, 11) is 0. The fourth-order valence-corrected chi connectivity index (χ4v) is 1.58. The van der Waals surface area contributed by atoms with Gasteiger partial charge in [-0.1, -0.05) is 35.3 Å². The normalized spacial score (nSPS) is 10.2. The third kappa shape index (κ3) is 3.25. The highest BCUT2D eigenvalue weighted by Crippen LogP contribution is 2.13. The number of aromatic nitrogens is 1. The molecule has 17 heavy (non-hydrogen) atoms. The molecule has 0 bridgehead atoms. The summed E-state index contributed by atoms with van der Waals surface area (Å²) in [6.45, 7) is 0.201. The van der Waals surface area contributed by atoms with Crippen LogP contribution >= 0.6 is 23.2 Å². The van der Waals surface area contributed by atoms with Crippen LogP contribution in [0.3, 0.4) is 0 Å². The van der Waals surface area contributed by atoms with Gasteiger partial charge in [0.2, 0.25) is 0 Å². The van der Waals surface area contributed by atoms with Crippen LogP contribution in [-0.4, -0.2) is 11.0 Å². The molecule has 1 heterocycles. The average molecular weight is 270 g/mol. The highest BCUT2D eigenvalue weighted by Gasteiger charge is 2.09. The van der Waals surface area contributed by atoms with Crippen LogP contribution < -0.4 is 0 Å². The van der Waals surface area contributed by atoms with E-state index in [1.54, 1.807) is 24.3 Å². The van der Waals surface area contributed by atoms with Gasteiger partial charge in [0.25, 0.3) is 0 Å². The predicted octanol–water partition coefficient (Wildman–Crippen LogP) is 3.68. The monoisotopic (exact) mass is 269 g/mol. The number of benzene rings is 1. The fraction of sp³-hybridized carbons (Fsp3) is 0.0833. The van der Waals surface area contributed by atoms with E-state index < -0.39 is 5.97 Å². The number of hydrogen-bond acceptors (Lipinski definition) is 2. The van der Waals surface area contributed by atoms with Gasteiger partial charge < -0.3 is 9.72 Å². The second-order valence-electron chi connectivity index (χ2n) is 3.43. The minimum absolute atomic E-state index is 0.201. The van der Waals surface area contributed by atoms with Gasteiger partial charge >= 0.3 is 5.97 Å². The van der Waals surface area contributed by atoms with Crippen molar-refractivity contribution in [1.29, 1.82) is 0 Å². The molecule has 1 aromatic heterocycles. The van der Waals surface area contributed by atoms with Crippen LogP contribution in [0.2, 0.25) is 10.0 Å². The van der Waals surface area contributed by atoms with Crippen molar-refractivity contribution in [3.63, 3.8) is 0 Å². The van der Waals surface area contributed by atoms with Gasteiger partial charge in [0, 0.05) is 11.2 Å². The number of rotatable bonds is 3. The lowest BCUT2D eigenvalue weighted by molar-refractivity contribution is 0.0466. The van der Waals surface area contributed by atoms with Crippen molar-refractivity contribution in [3.8, 4) is 0 Å². The quantitative estimate of drug-likeness (QED) is 0.864. The molecule has 0 radical (unpaired) electrons. The van der Waals surface area contributed by atoms with E-state index in [0.717, 1.165) is 5.56 Å². The summed E-state index contributed by atoms with van der Waals surface area (Å²) in [5, 5.41) is 1.12. The molecule has 0 unspecified atom stereocenters. The van der Waals surface area contributed by atoms with Crippen molar-refractivity contribution in [2.45, 2.75) is 6.61 Å². The first kappa shape index (κ1) is 12.0. The molecule has 1 N–H and O–H groups in total. The Morgan fingerprint density at radius 3 is 2.47 bits per heavy atom. The van der Waals surface area contributed by atoms with Crippen molar-refractivity contribution in [1.82, 2.24) is 4.98 Å². The third-order valence-electron chi connectivity index (χ3n) is 2.15. The molecule has 1 aromatic carbocycles. The van der Waals surface area contributed by atoms with Gasteiger partial charge in [0.15, 0.2) is 0 Å². The Morgan fingerprint density at radius 1 is 1.18 bits per heavy atom. The van der Waals surface area contributed by atoms with Gasteiger partial charge in [-0.2, -0.15) is 0 Å². The first-order valence-corrected chi connectivity index (χ1v) is 5.66. The highest BCUT2D eigenvalue weighted by molar-refractivity contribution is 6.31. The molecule has 0 fully saturated rings. The Hall–Kier alpha value is -1.45. The fourth-order valence-electron chi connectivity index (χ4n) is 1.29.